The van der Waals surface area contributed by atoms with Gasteiger partial charge in [0.25, 0.3) is 0 Å². The third-order valence-corrected chi connectivity index (χ3v) is 4.66. The van der Waals surface area contributed by atoms with Gasteiger partial charge in [-0.15, -0.1) is 0 Å². The highest BCUT2D eigenvalue weighted by molar-refractivity contribution is 5.92. The Bertz CT molecular complexity index is 677. The summed E-state index contributed by atoms with van der Waals surface area (Å²) in [5, 5.41) is 0. The Labute approximate surface area is 161 Å². The number of likely N-dealkylation sites (tertiary alicyclic amines) is 1. The first kappa shape index (κ1) is 20.8. The molecule has 2 amide bonds. The normalized spacial score (nSPS) is 15.0. The van der Waals surface area contributed by atoms with Gasteiger partial charge in [0.15, 0.2) is 11.5 Å². The van der Waals surface area contributed by atoms with Crippen LogP contribution < -0.4 is 9.47 Å². The largest absolute Gasteiger partial charge is 0.493 e. The Hall–Kier alpha value is -2.50. The van der Waals surface area contributed by atoms with Gasteiger partial charge in [0, 0.05) is 39.2 Å². The number of hydrogen-bond donors (Lipinski definition) is 0. The highest BCUT2D eigenvalue weighted by Gasteiger charge is 2.27. The van der Waals surface area contributed by atoms with E-state index in [0.717, 1.165) is 12.0 Å². The van der Waals surface area contributed by atoms with Gasteiger partial charge in [-0.3, -0.25) is 9.59 Å². The lowest BCUT2D eigenvalue weighted by Crippen LogP contribution is -2.42. The Balaban J connectivity index is 1.94. The molecule has 0 N–H and O–H groups in total. The predicted octanol–water partition coefficient (Wildman–Crippen LogP) is 2.82. The van der Waals surface area contributed by atoms with Gasteiger partial charge in [-0.1, -0.05) is 13.0 Å². The molecule has 6 nitrogen and oxygen atoms in total. The van der Waals surface area contributed by atoms with Gasteiger partial charge in [0.05, 0.1) is 13.7 Å². The molecular weight excluding hydrogens is 344 g/mol. The Morgan fingerprint density at radius 1 is 1.22 bits per heavy atom. The second kappa shape index (κ2) is 10.00. The van der Waals surface area contributed by atoms with Crippen molar-refractivity contribution in [3.63, 3.8) is 0 Å². The molecule has 148 valence electrons. The first-order valence-corrected chi connectivity index (χ1v) is 9.45. The Morgan fingerprint density at radius 3 is 2.52 bits per heavy atom. The number of rotatable bonds is 7. The van der Waals surface area contributed by atoms with E-state index in [2.05, 4.69) is 6.92 Å². The standard InChI is InChI=1S/C21H30N2O4/c1-5-14-27-18-8-6-16(15-19(18)26-4)7-9-20(24)23-12-10-17(11-13-23)21(25)22(2)3/h6-9,15,17H,5,10-14H2,1-4H3. The topological polar surface area (TPSA) is 59.1 Å². The number of hydrogen-bond acceptors (Lipinski definition) is 4. The third-order valence-electron chi connectivity index (χ3n) is 4.66. The summed E-state index contributed by atoms with van der Waals surface area (Å²) >= 11 is 0. The number of piperidine rings is 1. The first-order valence-electron chi connectivity index (χ1n) is 9.45. The van der Waals surface area contributed by atoms with Gasteiger partial charge in [0.1, 0.15) is 0 Å². The average Bonchev–Trinajstić information content (AvgIpc) is 2.70. The van der Waals surface area contributed by atoms with Crippen LogP contribution in [0.15, 0.2) is 24.3 Å². The number of amides is 2. The van der Waals surface area contributed by atoms with E-state index in [0.29, 0.717) is 44.0 Å². The van der Waals surface area contributed by atoms with Crippen molar-refractivity contribution in [1.82, 2.24) is 9.80 Å². The zero-order valence-electron chi connectivity index (χ0n) is 16.7. The molecular formula is C21H30N2O4. The molecule has 27 heavy (non-hydrogen) atoms. The van der Waals surface area contributed by atoms with E-state index in [9.17, 15) is 9.59 Å². The van der Waals surface area contributed by atoms with Crippen molar-refractivity contribution in [3.05, 3.63) is 29.8 Å². The van der Waals surface area contributed by atoms with E-state index in [1.54, 1.807) is 43.2 Å². The fourth-order valence-electron chi connectivity index (χ4n) is 3.10. The molecule has 0 unspecified atom stereocenters. The summed E-state index contributed by atoms with van der Waals surface area (Å²) in [6.07, 6.45) is 5.72. The monoisotopic (exact) mass is 374 g/mol. The summed E-state index contributed by atoms with van der Waals surface area (Å²) in [5.74, 6) is 1.50. The van der Waals surface area contributed by atoms with Crippen LogP contribution in [-0.4, -0.2) is 62.5 Å². The van der Waals surface area contributed by atoms with E-state index in [4.69, 9.17) is 9.47 Å². The molecule has 6 heteroatoms. The van der Waals surface area contributed by atoms with E-state index < -0.39 is 0 Å². The minimum atomic E-state index is -0.0315. The van der Waals surface area contributed by atoms with Crippen molar-refractivity contribution in [2.45, 2.75) is 26.2 Å². The smallest absolute Gasteiger partial charge is 0.246 e. The van der Waals surface area contributed by atoms with Crippen molar-refractivity contribution < 1.29 is 19.1 Å². The van der Waals surface area contributed by atoms with Gasteiger partial charge in [-0.2, -0.15) is 0 Å². The second-order valence-electron chi connectivity index (χ2n) is 6.92. The zero-order chi connectivity index (χ0) is 19.8. The summed E-state index contributed by atoms with van der Waals surface area (Å²) < 4.78 is 11.0. The van der Waals surface area contributed by atoms with Crippen LogP contribution in [0, 0.1) is 5.92 Å². The van der Waals surface area contributed by atoms with Crippen LogP contribution in [0.25, 0.3) is 6.08 Å². The Morgan fingerprint density at radius 2 is 1.93 bits per heavy atom. The van der Waals surface area contributed by atoms with Gasteiger partial charge in [-0.25, -0.2) is 0 Å². The molecule has 1 aromatic carbocycles. The minimum absolute atomic E-state index is 0.0213. The maximum atomic E-state index is 12.4. The van der Waals surface area contributed by atoms with Crippen LogP contribution in [0.4, 0.5) is 0 Å². The molecule has 1 aliphatic heterocycles. The van der Waals surface area contributed by atoms with E-state index in [1.807, 2.05) is 18.2 Å². The minimum Gasteiger partial charge on any atom is -0.493 e. The molecule has 0 spiro atoms. The summed E-state index contributed by atoms with van der Waals surface area (Å²) in [5.41, 5.74) is 0.877. The number of ether oxygens (including phenoxy) is 2. The zero-order valence-corrected chi connectivity index (χ0v) is 16.7. The molecule has 0 aliphatic carbocycles. The Kier molecular flexibility index (Phi) is 7.70. The van der Waals surface area contributed by atoms with Crippen molar-refractivity contribution >= 4 is 17.9 Å². The third kappa shape index (κ3) is 5.74. The van der Waals surface area contributed by atoms with Gasteiger partial charge in [0.2, 0.25) is 11.8 Å². The number of nitrogens with zero attached hydrogens (tertiary/aromatic N) is 2. The van der Waals surface area contributed by atoms with E-state index >= 15 is 0 Å². The van der Waals surface area contributed by atoms with Crippen LogP contribution in [0.2, 0.25) is 0 Å². The number of methoxy groups -OCH3 is 1. The van der Waals surface area contributed by atoms with Crippen molar-refractivity contribution in [2.24, 2.45) is 5.92 Å². The van der Waals surface area contributed by atoms with Crippen molar-refractivity contribution in [2.75, 3.05) is 40.9 Å². The van der Waals surface area contributed by atoms with Crippen LogP contribution in [0.3, 0.4) is 0 Å². The number of carbonyl (C=O) groups is 2. The van der Waals surface area contributed by atoms with Crippen molar-refractivity contribution in [3.8, 4) is 11.5 Å². The number of carbonyl (C=O) groups excluding carboxylic acids is 2. The summed E-state index contributed by atoms with van der Waals surface area (Å²) in [6, 6.07) is 5.62. The lowest BCUT2D eigenvalue weighted by Gasteiger charge is -2.31. The molecule has 1 aliphatic rings. The molecule has 0 radical (unpaired) electrons. The summed E-state index contributed by atoms with van der Waals surface area (Å²) in [4.78, 5) is 27.9. The molecule has 0 aromatic heterocycles. The highest BCUT2D eigenvalue weighted by Crippen LogP contribution is 2.28. The SMILES string of the molecule is CCCOc1ccc(C=CC(=O)N2CCC(C(=O)N(C)C)CC2)cc1OC. The summed E-state index contributed by atoms with van der Waals surface area (Å²) in [6.45, 7) is 3.91. The molecule has 2 rings (SSSR count). The van der Waals surface area contributed by atoms with Gasteiger partial charge >= 0.3 is 0 Å². The van der Waals surface area contributed by atoms with Gasteiger partial charge in [-0.05, 0) is 43.0 Å². The average molecular weight is 374 g/mol. The molecule has 1 heterocycles. The molecule has 1 fully saturated rings. The van der Waals surface area contributed by atoms with Crippen LogP contribution in [0.1, 0.15) is 31.7 Å². The molecule has 0 atom stereocenters. The summed E-state index contributed by atoms with van der Waals surface area (Å²) in [7, 11) is 5.15. The molecule has 0 bridgehead atoms. The van der Waals surface area contributed by atoms with Crippen LogP contribution >= 0.6 is 0 Å². The lowest BCUT2D eigenvalue weighted by atomic mass is 9.95. The van der Waals surface area contributed by atoms with E-state index in [-0.39, 0.29) is 17.7 Å². The van der Waals surface area contributed by atoms with Crippen LogP contribution in [-0.2, 0) is 9.59 Å². The first-order chi connectivity index (χ1) is 13.0. The maximum absolute atomic E-state index is 12.4. The van der Waals surface area contributed by atoms with Crippen molar-refractivity contribution in [1.29, 1.82) is 0 Å². The predicted molar refractivity (Wildman–Crippen MR) is 106 cm³/mol. The quantitative estimate of drug-likeness (QED) is 0.689. The maximum Gasteiger partial charge on any atom is 0.246 e. The fourth-order valence-corrected chi connectivity index (χ4v) is 3.10. The molecule has 1 aromatic rings. The highest BCUT2D eigenvalue weighted by atomic mass is 16.5. The molecule has 1 saturated heterocycles. The van der Waals surface area contributed by atoms with Crippen LogP contribution in [0.5, 0.6) is 11.5 Å². The lowest BCUT2D eigenvalue weighted by molar-refractivity contribution is -0.137. The number of benzene rings is 1. The van der Waals surface area contributed by atoms with E-state index in [1.165, 1.54) is 0 Å². The fraction of sp³-hybridized carbons (Fsp3) is 0.524. The van der Waals surface area contributed by atoms with Gasteiger partial charge < -0.3 is 19.3 Å². The second-order valence-corrected chi connectivity index (χ2v) is 6.92. The molecule has 0 saturated carbocycles.